The zero-order valence-corrected chi connectivity index (χ0v) is 15.6. The predicted molar refractivity (Wildman–Crippen MR) is 101 cm³/mol. The molecule has 4 rings (SSSR count). The molecule has 0 unspecified atom stereocenters. The highest BCUT2D eigenvalue weighted by Crippen LogP contribution is 2.42. The second-order valence-corrected chi connectivity index (χ2v) is 6.87. The number of esters is 1. The lowest BCUT2D eigenvalue weighted by Crippen LogP contribution is -2.37. The van der Waals surface area contributed by atoms with Crippen LogP contribution in [0, 0.1) is 18.7 Å². The molecule has 1 aliphatic carbocycles. The molecule has 3 aromatic rings. The number of carbonyl (C=O) groups excluding carboxylic acids is 2. The monoisotopic (exact) mass is 378 g/mol. The third kappa shape index (κ3) is 2.91. The van der Waals surface area contributed by atoms with Crippen molar-refractivity contribution in [1.82, 2.24) is 9.78 Å². The molecule has 1 aromatic heterocycles. The molecule has 0 radical (unpaired) electrons. The van der Waals surface area contributed by atoms with Crippen molar-refractivity contribution in [3.63, 3.8) is 0 Å². The van der Waals surface area contributed by atoms with Gasteiger partial charge in [-0.05, 0) is 36.8 Å². The fourth-order valence-corrected chi connectivity index (χ4v) is 4.00. The summed E-state index contributed by atoms with van der Waals surface area (Å²) in [7, 11) is 1.27. The molecular formula is C22H19FN2O3. The number of halogens is 1. The van der Waals surface area contributed by atoms with Crippen LogP contribution in [0.15, 0.2) is 54.6 Å². The molecule has 1 aliphatic rings. The molecule has 0 bridgehead atoms. The highest BCUT2D eigenvalue weighted by atomic mass is 19.1. The first-order chi connectivity index (χ1) is 13.5. The molecule has 0 fully saturated rings. The van der Waals surface area contributed by atoms with Crippen molar-refractivity contribution >= 4 is 11.8 Å². The second kappa shape index (κ2) is 7.03. The smallest absolute Gasteiger partial charge is 0.317 e. The van der Waals surface area contributed by atoms with Gasteiger partial charge in [0.05, 0.1) is 30.6 Å². The van der Waals surface area contributed by atoms with Crippen LogP contribution in [0.1, 0.15) is 28.4 Å². The maximum absolute atomic E-state index is 13.5. The quantitative estimate of drug-likeness (QED) is 0.518. The van der Waals surface area contributed by atoms with Crippen molar-refractivity contribution < 1.29 is 18.7 Å². The van der Waals surface area contributed by atoms with E-state index in [0.717, 1.165) is 22.6 Å². The minimum atomic E-state index is -0.977. The van der Waals surface area contributed by atoms with Crippen LogP contribution in [0.3, 0.4) is 0 Å². The van der Waals surface area contributed by atoms with Crippen molar-refractivity contribution in [3.8, 4) is 5.69 Å². The van der Waals surface area contributed by atoms with Gasteiger partial charge in [-0.2, -0.15) is 5.10 Å². The highest BCUT2D eigenvalue weighted by molar-refractivity contribution is 6.03. The highest BCUT2D eigenvalue weighted by Gasteiger charge is 2.45. The molecule has 0 spiro atoms. The predicted octanol–water partition coefficient (Wildman–Crippen LogP) is 3.37. The Hall–Kier alpha value is -3.28. The third-order valence-electron chi connectivity index (χ3n) is 5.22. The fourth-order valence-electron chi connectivity index (χ4n) is 4.00. The zero-order valence-electron chi connectivity index (χ0n) is 15.6. The van der Waals surface area contributed by atoms with Crippen LogP contribution in [0.4, 0.5) is 4.39 Å². The summed E-state index contributed by atoms with van der Waals surface area (Å²) >= 11 is 0. The van der Waals surface area contributed by atoms with Crippen LogP contribution in [-0.4, -0.2) is 28.6 Å². The maximum atomic E-state index is 13.5. The van der Waals surface area contributed by atoms with E-state index in [2.05, 4.69) is 5.10 Å². The number of benzene rings is 2. The number of rotatable bonds is 3. The number of para-hydroxylation sites is 1. The van der Waals surface area contributed by atoms with Crippen molar-refractivity contribution in [2.45, 2.75) is 19.3 Å². The summed E-state index contributed by atoms with van der Waals surface area (Å²) in [4.78, 5) is 25.5. The summed E-state index contributed by atoms with van der Waals surface area (Å²) in [5.41, 5.74) is 3.83. The Labute approximate surface area is 161 Å². The fraction of sp³-hybridized carbons (Fsp3) is 0.227. The van der Waals surface area contributed by atoms with Crippen LogP contribution in [-0.2, 0) is 20.7 Å². The number of Topliss-reactive ketones (excluding diaryl/α,β-unsaturated/α-hetero) is 1. The van der Waals surface area contributed by atoms with Gasteiger partial charge in [-0.3, -0.25) is 9.59 Å². The molecule has 1 heterocycles. The Morgan fingerprint density at radius 3 is 2.46 bits per heavy atom. The van der Waals surface area contributed by atoms with E-state index in [1.165, 1.54) is 19.2 Å². The molecule has 2 aromatic carbocycles. The summed E-state index contributed by atoms with van der Waals surface area (Å²) in [5.74, 6) is -2.74. The molecule has 142 valence electrons. The largest absolute Gasteiger partial charge is 0.468 e. The van der Waals surface area contributed by atoms with Crippen molar-refractivity contribution in [3.05, 3.63) is 82.9 Å². The number of fused-ring (bicyclic) bond motifs is 1. The van der Waals surface area contributed by atoms with Gasteiger partial charge in [-0.25, -0.2) is 9.07 Å². The van der Waals surface area contributed by atoms with E-state index in [0.29, 0.717) is 5.56 Å². The van der Waals surface area contributed by atoms with Crippen molar-refractivity contribution in [1.29, 1.82) is 0 Å². The van der Waals surface area contributed by atoms with Gasteiger partial charge in [-0.1, -0.05) is 30.3 Å². The molecule has 0 amide bonds. The van der Waals surface area contributed by atoms with Gasteiger partial charge < -0.3 is 4.74 Å². The van der Waals surface area contributed by atoms with Crippen molar-refractivity contribution in [2.24, 2.45) is 5.92 Å². The maximum Gasteiger partial charge on any atom is 0.317 e. The van der Waals surface area contributed by atoms with Crippen LogP contribution in [0.2, 0.25) is 0 Å². The van der Waals surface area contributed by atoms with Crippen LogP contribution in [0.25, 0.3) is 5.69 Å². The number of ether oxygens (including phenoxy) is 1. The molecule has 5 nitrogen and oxygen atoms in total. The minimum Gasteiger partial charge on any atom is -0.468 e. The summed E-state index contributed by atoms with van der Waals surface area (Å²) in [6.45, 7) is 1.86. The number of hydrogen-bond donors (Lipinski definition) is 0. The van der Waals surface area contributed by atoms with Crippen LogP contribution >= 0.6 is 0 Å². The van der Waals surface area contributed by atoms with Gasteiger partial charge in [0.1, 0.15) is 11.7 Å². The van der Waals surface area contributed by atoms with Crippen molar-refractivity contribution in [2.75, 3.05) is 7.11 Å². The molecule has 0 saturated heterocycles. The lowest BCUT2D eigenvalue weighted by molar-refractivity contribution is -0.150. The first-order valence-corrected chi connectivity index (χ1v) is 9.01. The Morgan fingerprint density at radius 2 is 1.82 bits per heavy atom. The van der Waals surface area contributed by atoms with E-state index in [-0.39, 0.29) is 18.0 Å². The van der Waals surface area contributed by atoms with Gasteiger partial charge in [0.25, 0.3) is 0 Å². The first-order valence-electron chi connectivity index (χ1n) is 9.01. The summed E-state index contributed by atoms with van der Waals surface area (Å²) < 4.78 is 20.2. The first kappa shape index (κ1) is 18.1. The zero-order chi connectivity index (χ0) is 19.8. The Kier molecular flexibility index (Phi) is 4.55. The average molecular weight is 378 g/mol. The lowest BCUT2D eigenvalue weighted by Gasteiger charge is -2.30. The van der Waals surface area contributed by atoms with E-state index in [9.17, 15) is 14.0 Å². The average Bonchev–Trinajstić information content (AvgIpc) is 3.04. The van der Waals surface area contributed by atoms with Crippen LogP contribution in [0.5, 0.6) is 0 Å². The minimum absolute atomic E-state index is 0.0858. The standard InChI is InChI=1S/C22H19FN2O3/c1-13-19-17(25(24-13)16-6-4-3-5-7-16)12-18(26)21(22(27)28-2)20(19)14-8-10-15(23)11-9-14/h3-11,20-21H,12H2,1-2H3/t20-,21+/m0/s1. The number of ketones is 1. The topological polar surface area (TPSA) is 61.2 Å². The van der Waals surface area contributed by atoms with Gasteiger partial charge in [0.15, 0.2) is 5.78 Å². The number of nitrogens with zero attached hydrogens (tertiary/aromatic N) is 2. The number of aromatic nitrogens is 2. The van der Waals surface area contributed by atoms with E-state index in [1.807, 2.05) is 37.3 Å². The number of methoxy groups -OCH3 is 1. The SMILES string of the molecule is COC(=O)[C@@H]1C(=O)Cc2c(c(C)nn2-c2ccccc2)[C@@H]1c1ccc(F)cc1. The Balaban J connectivity index is 1.94. The molecule has 2 atom stereocenters. The Morgan fingerprint density at radius 1 is 1.14 bits per heavy atom. The summed E-state index contributed by atoms with van der Waals surface area (Å²) in [6.07, 6.45) is 0.0858. The van der Waals surface area contributed by atoms with E-state index in [4.69, 9.17) is 4.74 Å². The molecule has 0 N–H and O–H groups in total. The van der Waals surface area contributed by atoms with E-state index >= 15 is 0 Å². The number of hydrogen-bond acceptors (Lipinski definition) is 4. The van der Waals surface area contributed by atoms with Gasteiger partial charge in [0, 0.05) is 11.5 Å². The molecule has 28 heavy (non-hydrogen) atoms. The van der Waals surface area contributed by atoms with Gasteiger partial charge in [0.2, 0.25) is 0 Å². The molecule has 6 heteroatoms. The summed E-state index contributed by atoms with van der Waals surface area (Å²) in [5, 5.41) is 4.65. The second-order valence-electron chi connectivity index (χ2n) is 6.87. The normalized spacial score (nSPS) is 18.6. The Bertz CT molecular complexity index is 1040. The number of carbonyl (C=O) groups is 2. The third-order valence-corrected chi connectivity index (χ3v) is 5.22. The summed E-state index contributed by atoms with van der Waals surface area (Å²) in [6, 6.07) is 15.4. The van der Waals surface area contributed by atoms with Gasteiger partial charge >= 0.3 is 5.97 Å². The van der Waals surface area contributed by atoms with Crippen LogP contribution < -0.4 is 0 Å². The molecule has 0 saturated carbocycles. The lowest BCUT2D eigenvalue weighted by atomic mass is 9.72. The van der Waals surface area contributed by atoms with E-state index < -0.39 is 17.8 Å². The van der Waals surface area contributed by atoms with E-state index in [1.54, 1.807) is 16.8 Å². The molecule has 0 aliphatic heterocycles. The molecular weight excluding hydrogens is 359 g/mol. The van der Waals surface area contributed by atoms with Gasteiger partial charge in [-0.15, -0.1) is 0 Å². The number of aryl methyl sites for hydroxylation is 1.